The Hall–Kier alpha value is -1.60. The van der Waals surface area contributed by atoms with Crippen molar-refractivity contribution in [2.75, 3.05) is 12.3 Å². The zero-order chi connectivity index (χ0) is 16.4. The molecule has 1 unspecified atom stereocenters. The number of carbonyl (C=O) groups is 1. The molecule has 0 radical (unpaired) electrons. The van der Waals surface area contributed by atoms with Crippen LogP contribution in [0.4, 0.5) is 5.69 Å². The number of rotatable bonds is 5. The van der Waals surface area contributed by atoms with Crippen molar-refractivity contribution >= 4 is 21.6 Å². The van der Waals surface area contributed by atoms with Crippen molar-refractivity contribution in [3.05, 3.63) is 22.8 Å². The Kier molecular flexibility index (Phi) is 5.36. The SMILES string of the molecule is CCNC(=O)C(C)NS(=O)(=O)c1c(C)cc(C)c(N)c1C. The van der Waals surface area contributed by atoms with E-state index in [-0.39, 0.29) is 10.8 Å². The maximum absolute atomic E-state index is 12.5. The first kappa shape index (κ1) is 17.5. The van der Waals surface area contributed by atoms with E-state index < -0.39 is 16.1 Å². The van der Waals surface area contributed by atoms with Gasteiger partial charge in [-0.1, -0.05) is 6.07 Å². The number of nitrogens with two attached hydrogens (primary N) is 1. The highest BCUT2D eigenvalue weighted by Gasteiger charge is 2.26. The Labute approximate surface area is 126 Å². The first-order valence-electron chi connectivity index (χ1n) is 6.78. The topological polar surface area (TPSA) is 101 Å². The van der Waals surface area contributed by atoms with Crippen LogP contribution in [0.2, 0.25) is 0 Å². The van der Waals surface area contributed by atoms with Crippen molar-refractivity contribution < 1.29 is 13.2 Å². The van der Waals surface area contributed by atoms with E-state index in [2.05, 4.69) is 10.0 Å². The fourth-order valence-electron chi connectivity index (χ4n) is 2.27. The van der Waals surface area contributed by atoms with Gasteiger partial charge in [-0.25, -0.2) is 8.42 Å². The van der Waals surface area contributed by atoms with E-state index in [1.165, 1.54) is 6.92 Å². The van der Waals surface area contributed by atoms with Crippen LogP contribution in [-0.4, -0.2) is 26.9 Å². The number of aryl methyl sites for hydroxylation is 2. The van der Waals surface area contributed by atoms with Gasteiger partial charge in [-0.15, -0.1) is 0 Å². The third-order valence-electron chi connectivity index (χ3n) is 3.31. The number of hydrogen-bond acceptors (Lipinski definition) is 4. The van der Waals surface area contributed by atoms with E-state index in [4.69, 9.17) is 5.73 Å². The van der Waals surface area contributed by atoms with Crippen molar-refractivity contribution in [3.63, 3.8) is 0 Å². The van der Waals surface area contributed by atoms with Gasteiger partial charge >= 0.3 is 0 Å². The van der Waals surface area contributed by atoms with Crippen LogP contribution in [0.25, 0.3) is 0 Å². The van der Waals surface area contributed by atoms with Crippen LogP contribution in [0.1, 0.15) is 30.5 Å². The molecule has 7 heteroatoms. The predicted octanol–water partition coefficient (Wildman–Crippen LogP) is 0.997. The Morgan fingerprint density at radius 2 is 1.86 bits per heavy atom. The number of nitrogens with one attached hydrogen (secondary N) is 2. The summed E-state index contributed by atoms with van der Waals surface area (Å²) in [6, 6.07) is 0.879. The lowest BCUT2D eigenvalue weighted by Gasteiger charge is -2.18. The summed E-state index contributed by atoms with van der Waals surface area (Å²) < 4.78 is 27.4. The number of hydrogen-bond donors (Lipinski definition) is 3. The summed E-state index contributed by atoms with van der Waals surface area (Å²) in [5.74, 6) is -0.364. The lowest BCUT2D eigenvalue weighted by molar-refractivity contribution is -0.122. The van der Waals surface area contributed by atoms with E-state index in [9.17, 15) is 13.2 Å². The van der Waals surface area contributed by atoms with Gasteiger partial charge in [0.1, 0.15) is 0 Å². The Morgan fingerprint density at radius 1 is 1.29 bits per heavy atom. The van der Waals surface area contributed by atoms with Gasteiger partial charge in [0.2, 0.25) is 15.9 Å². The van der Waals surface area contributed by atoms with Gasteiger partial charge in [0.05, 0.1) is 10.9 Å². The molecule has 0 aliphatic carbocycles. The second-order valence-corrected chi connectivity index (χ2v) is 6.77. The minimum Gasteiger partial charge on any atom is -0.398 e. The van der Waals surface area contributed by atoms with Crippen molar-refractivity contribution in [2.24, 2.45) is 0 Å². The van der Waals surface area contributed by atoms with Crippen LogP contribution in [0.3, 0.4) is 0 Å². The first-order valence-corrected chi connectivity index (χ1v) is 8.26. The predicted molar refractivity (Wildman–Crippen MR) is 83.5 cm³/mol. The average Bonchev–Trinajstić information content (AvgIpc) is 2.35. The summed E-state index contributed by atoms with van der Waals surface area (Å²) in [5, 5.41) is 2.58. The first-order chi connectivity index (χ1) is 9.61. The highest BCUT2D eigenvalue weighted by molar-refractivity contribution is 7.89. The lowest BCUT2D eigenvalue weighted by atomic mass is 10.1. The molecule has 1 amide bonds. The molecule has 0 heterocycles. The molecule has 118 valence electrons. The molecule has 1 aromatic rings. The number of likely N-dealkylation sites (N-methyl/N-ethyl adjacent to an activating group) is 1. The summed E-state index contributed by atoms with van der Waals surface area (Å²) in [7, 11) is -3.81. The van der Waals surface area contributed by atoms with Crippen LogP contribution in [0.5, 0.6) is 0 Å². The van der Waals surface area contributed by atoms with Crippen molar-refractivity contribution in [3.8, 4) is 0 Å². The number of benzene rings is 1. The normalized spacial score (nSPS) is 13.0. The fourth-order valence-corrected chi connectivity index (χ4v) is 3.95. The summed E-state index contributed by atoms with van der Waals surface area (Å²) in [6.45, 7) is 8.93. The van der Waals surface area contributed by atoms with Gasteiger partial charge in [0.15, 0.2) is 0 Å². The molecule has 0 aliphatic heterocycles. The van der Waals surface area contributed by atoms with Crippen LogP contribution in [0, 0.1) is 20.8 Å². The molecule has 1 rings (SSSR count). The summed E-state index contributed by atoms with van der Waals surface area (Å²) in [6.07, 6.45) is 0. The van der Waals surface area contributed by atoms with E-state index >= 15 is 0 Å². The number of sulfonamides is 1. The molecule has 21 heavy (non-hydrogen) atoms. The number of anilines is 1. The molecule has 6 nitrogen and oxygen atoms in total. The quantitative estimate of drug-likeness (QED) is 0.706. The largest absolute Gasteiger partial charge is 0.398 e. The molecular weight excluding hydrogens is 290 g/mol. The molecule has 0 spiro atoms. The Bertz CT molecular complexity index is 654. The van der Waals surface area contributed by atoms with Crippen molar-refractivity contribution in [1.29, 1.82) is 0 Å². The van der Waals surface area contributed by atoms with E-state index in [1.807, 2.05) is 6.92 Å². The standard InChI is InChI=1S/C14H23N3O3S/c1-6-16-14(18)11(5)17-21(19,20)13-9(3)7-8(2)12(15)10(13)4/h7,11,17H,6,15H2,1-5H3,(H,16,18). The molecule has 1 aromatic carbocycles. The number of nitrogen functional groups attached to an aromatic ring is 1. The third-order valence-corrected chi connectivity index (χ3v) is 5.14. The molecule has 0 aromatic heterocycles. The van der Waals surface area contributed by atoms with E-state index in [0.717, 1.165) is 5.56 Å². The number of amides is 1. The van der Waals surface area contributed by atoms with Gasteiger partial charge in [-0.3, -0.25) is 4.79 Å². The highest BCUT2D eigenvalue weighted by atomic mass is 32.2. The van der Waals surface area contributed by atoms with Crippen molar-refractivity contribution in [1.82, 2.24) is 10.0 Å². The smallest absolute Gasteiger partial charge is 0.241 e. The van der Waals surface area contributed by atoms with Crippen LogP contribution in [0.15, 0.2) is 11.0 Å². The molecule has 0 fully saturated rings. The molecule has 0 aliphatic rings. The molecular formula is C14H23N3O3S. The Morgan fingerprint density at radius 3 is 2.38 bits per heavy atom. The monoisotopic (exact) mass is 313 g/mol. The highest BCUT2D eigenvalue weighted by Crippen LogP contribution is 2.27. The van der Waals surface area contributed by atoms with Gasteiger partial charge in [0, 0.05) is 12.2 Å². The molecule has 1 atom stereocenters. The second-order valence-electron chi connectivity index (χ2n) is 5.12. The zero-order valence-electron chi connectivity index (χ0n) is 13.1. The molecule has 0 bridgehead atoms. The minimum absolute atomic E-state index is 0.141. The maximum Gasteiger partial charge on any atom is 0.241 e. The minimum atomic E-state index is -3.81. The van der Waals surface area contributed by atoms with Crippen LogP contribution in [-0.2, 0) is 14.8 Å². The zero-order valence-corrected chi connectivity index (χ0v) is 13.9. The van der Waals surface area contributed by atoms with E-state index in [0.29, 0.717) is 23.4 Å². The maximum atomic E-state index is 12.5. The van der Waals surface area contributed by atoms with Gasteiger partial charge < -0.3 is 11.1 Å². The fraction of sp³-hybridized carbons (Fsp3) is 0.500. The Balaban J connectivity index is 3.21. The molecule has 0 saturated heterocycles. The summed E-state index contributed by atoms with van der Waals surface area (Å²) >= 11 is 0. The van der Waals surface area contributed by atoms with Gasteiger partial charge in [-0.2, -0.15) is 4.72 Å². The molecule has 4 N–H and O–H groups in total. The van der Waals surface area contributed by atoms with E-state index in [1.54, 1.807) is 26.8 Å². The average molecular weight is 313 g/mol. The van der Waals surface area contributed by atoms with Gasteiger partial charge in [-0.05, 0) is 51.3 Å². The van der Waals surface area contributed by atoms with Crippen molar-refractivity contribution in [2.45, 2.75) is 45.6 Å². The lowest BCUT2D eigenvalue weighted by Crippen LogP contribution is -2.44. The van der Waals surface area contributed by atoms with Crippen LogP contribution >= 0.6 is 0 Å². The summed E-state index contributed by atoms with van der Waals surface area (Å²) in [5.41, 5.74) is 8.31. The second kappa shape index (κ2) is 6.44. The van der Waals surface area contributed by atoms with Gasteiger partial charge in [0.25, 0.3) is 0 Å². The molecule has 0 saturated carbocycles. The summed E-state index contributed by atoms with van der Waals surface area (Å²) in [4.78, 5) is 11.8. The number of carbonyl (C=O) groups excluding carboxylic acids is 1. The third kappa shape index (κ3) is 3.74. The van der Waals surface area contributed by atoms with Crippen LogP contribution < -0.4 is 15.8 Å².